The summed E-state index contributed by atoms with van der Waals surface area (Å²) in [5.41, 5.74) is 0.912. The van der Waals surface area contributed by atoms with Crippen LogP contribution in [0.4, 0.5) is 4.39 Å². The molecule has 0 radical (unpaired) electrons. The molecule has 2 aromatic carbocycles. The Morgan fingerprint density at radius 2 is 1.62 bits per heavy atom. The molecule has 0 fully saturated rings. The van der Waals surface area contributed by atoms with Gasteiger partial charge < -0.3 is 10.1 Å². The van der Waals surface area contributed by atoms with E-state index in [0.717, 1.165) is 4.90 Å². The van der Waals surface area contributed by atoms with Crippen molar-refractivity contribution in [2.45, 2.75) is 19.4 Å². The van der Waals surface area contributed by atoms with Gasteiger partial charge in [-0.25, -0.2) is 9.18 Å². The summed E-state index contributed by atoms with van der Waals surface area (Å²) in [6.07, 6.45) is 0.289. The van der Waals surface area contributed by atoms with Gasteiger partial charge in [-0.3, -0.25) is 19.3 Å². The molecular weight excluding hydrogens is 379 g/mol. The Kier molecular flexibility index (Phi) is 6.01. The minimum absolute atomic E-state index is 0.172. The predicted octanol–water partition coefficient (Wildman–Crippen LogP) is 1.71. The lowest BCUT2D eigenvalue weighted by Gasteiger charge is -2.20. The molecule has 29 heavy (non-hydrogen) atoms. The maximum absolute atomic E-state index is 13.5. The fraction of sp³-hybridized carbons (Fsp3) is 0.238. The van der Waals surface area contributed by atoms with E-state index < -0.39 is 36.3 Å². The molecule has 1 aliphatic heterocycles. The van der Waals surface area contributed by atoms with Crippen molar-refractivity contribution in [2.75, 3.05) is 13.2 Å². The fourth-order valence-corrected chi connectivity index (χ4v) is 3.01. The molecule has 0 bridgehead atoms. The highest BCUT2D eigenvalue weighted by atomic mass is 19.1. The Labute approximate surface area is 166 Å². The van der Waals surface area contributed by atoms with Crippen molar-refractivity contribution in [2.24, 2.45) is 0 Å². The Hall–Kier alpha value is -3.55. The molecule has 0 aliphatic carbocycles. The molecule has 7 nitrogen and oxygen atoms in total. The second-order valence-corrected chi connectivity index (χ2v) is 6.50. The molecule has 0 spiro atoms. The summed E-state index contributed by atoms with van der Waals surface area (Å²) in [5, 5.41) is 2.52. The molecule has 1 atom stereocenters. The lowest BCUT2D eigenvalue weighted by atomic mass is 10.1. The minimum Gasteiger partial charge on any atom is -0.454 e. The fourth-order valence-electron chi connectivity index (χ4n) is 3.01. The third-order valence-corrected chi connectivity index (χ3v) is 4.57. The van der Waals surface area contributed by atoms with Crippen molar-refractivity contribution in [1.82, 2.24) is 10.2 Å². The number of carbonyl (C=O) groups excluding carboxylic acids is 4. The first kappa shape index (κ1) is 20.2. The molecule has 0 saturated heterocycles. The van der Waals surface area contributed by atoms with Gasteiger partial charge in [-0.2, -0.15) is 0 Å². The second kappa shape index (κ2) is 8.64. The summed E-state index contributed by atoms with van der Waals surface area (Å²) < 4.78 is 18.5. The van der Waals surface area contributed by atoms with Crippen molar-refractivity contribution in [1.29, 1.82) is 0 Å². The van der Waals surface area contributed by atoms with Crippen LogP contribution in [0.25, 0.3) is 0 Å². The van der Waals surface area contributed by atoms with Crippen LogP contribution in [-0.2, 0) is 20.7 Å². The van der Waals surface area contributed by atoms with E-state index in [0.29, 0.717) is 5.56 Å². The van der Waals surface area contributed by atoms with Gasteiger partial charge in [0.25, 0.3) is 17.7 Å². The first-order valence-electron chi connectivity index (χ1n) is 9.04. The smallest absolute Gasteiger partial charge is 0.329 e. The van der Waals surface area contributed by atoms with E-state index in [1.165, 1.54) is 25.1 Å². The van der Waals surface area contributed by atoms with Gasteiger partial charge in [0.2, 0.25) is 0 Å². The zero-order valence-electron chi connectivity index (χ0n) is 15.7. The highest BCUT2D eigenvalue weighted by molar-refractivity contribution is 6.22. The van der Waals surface area contributed by atoms with Gasteiger partial charge >= 0.3 is 5.97 Å². The molecule has 150 valence electrons. The molecule has 8 heteroatoms. The topological polar surface area (TPSA) is 92.8 Å². The number of benzene rings is 2. The number of imide groups is 1. The van der Waals surface area contributed by atoms with Crippen molar-refractivity contribution in [3.8, 4) is 0 Å². The van der Waals surface area contributed by atoms with E-state index in [-0.39, 0.29) is 29.9 Å². The number of amides is 3. The Morgan fingerprint density at radius 1 is 1.03 bits per heavy atom. The van der Waals surface area contributed by atoms with Gasteiger partial charge in [0, 0.05) is 6.54 Å². The standard InChI is InChI=1S/C21H19FN2O5/c1-13(24-19(26)15-7-3-4-8-16(15)20(24)27)21(28)29-12-18(25)23-11-10-14-6-2-5-9-17(14)22/h2-9,13H,10-12H2,1H3,(H,23,25)/t13-/m0/s1. The first-order chi connectivity index (χ1) is 13.9. The largest absolute Gasteiger partial charge is 0.454 e. The Bertz CT molecular complexity index is 940. The number of hydrogen-bond acceptors (Lipinski definition) is 5. The summed E-state index contributed by atoms with van der Waals surface area (Å²) in [5.74, 6) is -2.95. The molecule has 3 rings (SSSR count). The van der Waals surface area contributed by atoms with Crippen molar-refractivity contribution < 1.29 is 28.3 Å². The zero-order chi connectivity index (χ0) is 21.0. The number of nitrogens with zero attached hydrogens (tertiary/aromatic N) is 1. The molecule has 1 aliphatic rings. The molecule has 3 amide bonds. The normalized spacial score (nSPS) is 13.8. The van der Waals surface area contributed by atoms with Crippen molar-refractivity contribution >= 4 is 23.7 Å². The van der Waals surface area contributed by atoms with Crippen molar-refractivity contribution in [3.05, 3.63) is 71.0 Å². The quantitative estimate of drug-likeness (QED) is 0.566. The van der Waals surface area contributed by atoms with Gasteiger partial charge in [-0.05, 0) is 37.1 Å². The van der Waals surface area contributed by atoms with Crippen LogP contribution >= 0.6 is 0 Å². The van der Waals surface area contributed by atoms with E-state index in [9.17, 15) is 23.6 Å². The number of nitrogens with one attached hydrogen (secondary N) is 1. The van der Waals surface area contributed by atoms with Gasteiger partial charge in [0.1, 0.15) is 11.9 Å². The molecule has 0 unspecified atom stereocenters. The summed E-state index contributed by atoms with van der Waals surface area (Å²) in [6.45, 7) is 0.967. The van der Waals surface area contributed by atoms with Crippen LogP contribution in [0.1, 0.15) is 33.2 Å². The maximum atomic E-state index is 13.5. The van der Waals surface area contributed by atoms with Crippen LogP contribution in [-0.4, -0.2) is 47.8 Å². The second-order valence-electron chi connectivity index (χ2n) is 6.50. The summed E-state index contributed by atoms with van der Waals surface area (Å²) >= 11 is 0. The highest BCUT2D eigenvalue weighted by Gasteiger charge is 2.41. The van der Waals surface area contributed by atoms with E-state index in [1.807, 2.05) is 0 Å². The molecule has 0 saturated carbocycles. The van der Waals surface area contributed by atoms with Gasteiger partial charge in [-0.15, -0.1) is 0 Å². The zero-order valence-corrected chi connectivity index (χ0v) is 15.7. The lowest BCUT2D eigenvalue weighted by molar-refractivity contribution is -0.151. The molecular formula is C21H19FN2O5. The number of halogens is 1. The average Bonchev–Trinajstić information content (AvgIpc) is 2.97. The number of rotatable bonds is 7. The SMILES string of the molecule is C[C@@H](C(=O)OCC(=O)NCCc1ccccc1F)N1C(=O)c2ccccc2C1=O. The van der Waals surface area contributed by atoms with Gasteiger partial charge in [-0.1, -0.05) is 30.3 Å². The van der Waals surface area contributed by atoms with Crippen LogP contribution in [0.5, 0.6) is 0 Å². The van der Waals surface area contributed by atoms with E-state index in [2.05, 4.69) is 5.32 Å². The molecule has 2 aromatic rings. The molecule has 1 N–H and O–H groups in total. The summed E-state index contributed by atoms with van der Waals surface area (Å²) in [7, 11) is 0. The van der Waals surface area contributed by atoms with Gasteiger partial charge in [0.05, 0.1) is 11.1 Å². The van der Waals surface area contributed by atoms with E-state index >= 15 is 0 Å². The van der Waals surface area contributed by atoms with Crippen LogP contribution in [0, 0.1) is 5.82 Å². The first-order valence-corrected chi connectivity index (χ1v) is 9.04. The third-order valence-electron chi connectivity index (χ3n) is 4.57. The number of ether oxygens (including phenoxy) is 1. The number of carbonyl (C=O) groups is 4. The predicted molar refractivity (Wildman–Crippen MR) is 100 cm³/mol. The highest BCUT2D eigenvalue weighted by Crippen LogP contribution is 2.24. The monoisotopic (exact) mass is 398 g/mol. The Balaban J connectivity index is 1.48. The third kappa shape index (κ3) is 4.31. The summed E-state index contributed by atoms with van der Waals surface area (Å²) in [6, 6.07) is 11.3. The molecule has 1 heterocycles. The van der Waals surface area contributed by atoms with Crippen LogP contribution in [0.3, 0.4) is 0 Å². The van der Waals surface area contributed by atoms with E-state index in [1.54, 1.807) is 30.3 Å². The van der Waals surface area contributed by atoms with Crippen LogP contribution in [0.15, 0.2) is 48.5 Å². The van der Waals surface area contributed by atoms with Crippen LogP contribution < -0.4 is 5.32 Å². The van der Waals surface area contributed by atoms with Gasteiger partial charge in [0.15, 0.2) is 6.61 Å². The average molecular weight is 398 g/mol. The number of esters is 1. The van der Waals surface area contributed by atoms with Crippen LogP contribution in [0.2, 0.25) is 0 Å². The summed E-state index contributed by atoms with van der Waals surface area (Å²) in [4.78, 5) is 49.6. The number of hydrogen-bond donors (Lipinski definition) is 1. The Morgan fingerprint density at radius 3 is 2.24 bits per heavy atom. The minimum atomic E-state index is -1.17. The maximum Gasteiger partial charge on any atom is 0.329 e. The lowest BCUT2D eigenvalue weighted by Crippen LogP contribution is -2.44. The van der Waals surface area contributed by atoms with E-state index in [4.69, 9.17) is 4.74 Å². The van der Waals surface area contributed by atoms with Crippen molar-refractivity contribution in [3.63, 3.8) is 0 Å². The number of fused-ring (bicyclic) bond motifs is 1. The molecule has 0 aromatic heterocycles.